The van der Waals surface area contributed by atoms with Gasteiger partial charge in [-0.1, -0.05) is 17.3 Å². The van der Waals surface area contributed by atoms with E-state index in [2.05, 4.69) is 30.6 Å². The standard InChI is InChI=1S/C19H16FN7O4S/c20-12-3-1-11(2-4-12)9-13-18(29)27(19(30)32-13)8-7-21-14(28)5-6-15-24-17(26-31-15)16-22-10-23-25-16/h1-4,9-10H,5-8H2,(H,21,28)(H,22,23,25)/b13-9-. The Kier molecular flexibility index (Phi) is 6.35. The van der Waals surface area contributed by atoms with Crippen molar-refractivity contribution in [2.75, 3.05) is 13.1 Å². The van der Waals surface area contributed by atoms with E-state index in [-0.39, 0.29) is 54.3 Å². The molecule has 2 N–H and O–H groups in total. The molecule has 0 unspecified atom stereocenters. The molecule has 1 saturated heterocycles. The van der Waals surface area contributed by atoms with Crippen LogP contribution in [0.3, 0.4) is 0 Å². The molecule has 3 amide bonds. The summed E-state index contributed by atoms with van der Waals surface area (Å²) in [5.74, 6) is -0.271. The largest absolute Gasteiger partial charge is 0.354 e. The fourth-order valence-corrected chi connectivity index (χ4v) is 3.65. The van der Waals surface area contributed by atoms with E-state index >= 15 is 0 Å². The van der Waals surface area contributed by atoms with Crippen molar-refractivity contribution in [2.24, 2.45) is 0 Å². The summed E-state index contributed by atoms with van der Waals surface area (Å²) in [6.07, 6.45) is 3.15. The minimum Gasteiger partial charge on any atom is -0.354 e. The maximum Gasteiger partial charge on any atom is 0.293 e. The number of nitrogens with one attached hydrogen (secondary N) is 2. The molecule has 0 saturated carbocycles. The molecule has 1 aliphatic rings. The highest BCUT2D eigenvalue weighted by molar-refractivity contribution is 8.18. The number of hydrogen-bond acceptors (Lipinski definition) is 9. The molecule has 0 aliphatic carbocycles. The summed E-state index contributed by atoms with van der Waals surface area (Å²) in [5.41, 5.74) is 0.609. The highest BCUT2D eigenvalue weighted by Crippen LogP contribution is 2.31. The van der Waals surface area contributed by atoms with E-state index in [1.165, 1.54) is 36.7 Å². The van der Waals surface area contributed by atoms with Crippen LogP contribution >= 0.6 is 11.8 Å². The number of aryl methyl sites for hydroxylation is 1. The van der Waals surface area contributed by atoms with E-state index in [1.807, 2.05) is 0 Å². The van der Waals surface area contributed by atoms with Crippen molar-refractivity contribution in [2.45, 2.75) is 12.8 Å². The first kappa shape index (κ1) is 21.4. The number of aromatic nitrogens is 5. The Bertz CT molecular complexity index is 1160. The lowest BCUT2D eigenvalue weighted by atomic mass is 10.2. The Balaban J connectivity index is 1.23. The second kappa shape index (κ2) is 9.51. The lowest BCUT2D eigenvalue weighted by Crippen LogP contribution is -2.37. The lowest BCUT2D eigenvalue weighted by molar-refractivity contribution is -0.124. The van der Waals surface area contributed by atoms with Gasteiger partial charge >= 0.3 is 0 Å². The molecule has 0 radical (unpaired) electrons. The van der Waals surface area contributed by atoms with E-state index in [9.17, 15) is 18.8 Å². The average Bonchev–Trinajstić information content (AvgIpc) is 3.51. The van der Waals surface area contributed by atoms with Crippen LogP contribution in [0.25, 0.3) is 17.7 Å². The van der Waals surface area contributed by atoms with Gasteiger partial charge in [-0.15, -0.1) is 0 Å². The Morgan fingerprint density at radius 2 is 2.09 bits per heavy atom. The molecule has 1 aliphatic heterocycles. The van der Waals surface area contributed by atoms with Gasteiger partial charge in [0.2, 0.25) is 17.6 Å². The number of imide groups is 1. The molecular formula is C19H16FN7O4S. The van der Waals surface area contributed by atoms with E-state index in [0.29, 0.717) is 11.4 Å². The minimum absolute atomic E-state index is 0.0351. The highest BCUT2D eigenvalue weighted by Gasteiger charge is 2.34. The molecule has 0 bridgehead atoms. The van der Waals surface area contributed by atoms with Crippen LogP contribution in [0.2, 0.25) is 0 Å². The van der Waals surface area contributed by atoms with Gasteiger partial charge in [0.1, 0.15) is 12.1 Å². The van der Waals surface area contributed by atoms with Gasteiger partial charge in [-0.3, -0.25) is 24.4 Å². The number of halogens is 1. The summed E-state index contributed by atoms with van der Waals surface area (Å²) in [6.45, 7) is 0.140. The lowest BCUT2D eigenvalue weighted by Gasteiger charge is -2.12. The van der Waals surface area contributed by atoms with Crippen molar-refractivity contribution >= 4 is 34.9 Å². The summed E-state index contributed by atoms with van der Waals surface area (Å²) in [7, 11) is 0. The van der Waals surface area contributed by atoms with Gasteiger partial charge in [0, 0.05) is 25.9 Å². The van der Waals surface area contributed by atoms with Gasteiger partial charge in [-0.05, 0) is 35.5 Å². The number of amides is 3. The number of nitrogens with zero attached hydrogens (tertiary/aromatic N) is 5. The predicted molar refractivity (Wildman–Crippen MR) is 110 cm³/mol. The normalized spacial score (nSPS) is 15.0. The fraction of sp³-hybridized carbons (Fsp3) is 0.211. The second-order valence-corrected chi connectivity index (χ2v) is 7.57. The van der Waals surface area contributed by atoms with Crippen LogP contribution in [0.1, 0.15) is 17.9 Å². The Morgan fingerprint density at radius 1 is 1.28 bits per heavy atom. The maximum absolute atomic E-state index is 13.0. The van der Waals surface area contributed by atoms with Crippen molar-refractivity contribution in [1.82, 2.24) is 35.5 Å². The average molecular weight is 457 g/mol. The number of benzene rings is 1. The number of carbonyl (C=O) groups is 3. The first-order chi connectivity index (χ1) is 15.5. The number of hydrogen-bond donors (Lipinski definition) is 2. The third-order valence-electron chi connectivity index (χ3n) is 4.36. The number of carbonyl (C=O) groups excluding carboxylic acids is 3. The van der Waals surface area contributed by atoms with Crippen molar-refractivity contribution in [1.29, 1.82) is 0 Å². The Labute approximate surface area is 184 Å². The molecule has 32 heavy (non-hydrogen) atoms. The van der Waals surface area contributed by atoms with Gasteiger partial charge in [0.05, 0.1) is 4.91 Å². The molecule has 0 spiro atoms. The highest BCUT2D eigenvalue weighted by atomic mass is 32.2. The summed E-state index contributed by atoms with van der Waals surface area (Å²) in [6, 6.07) is 5.58. The molecule has 3 aromatic rings. The van der Waals surface area contributed by atoms with Gasteiger partial charge < -0.3 is 9.84 Å². The summed E-state index contributed by atoms with van der Waals surface area (Å²) in [5, 5.41) is 12.3. The van der Waals surface area contributed by atoms with Crippen molar-refractivity contribution in [3.8, 4) is 11.6 Å². The van der Waals surface area contributed by atoms with Crippen LogP contribution in [-0.4, -0.2) is 60.4 Å². The van der Waals surface area contributed by atoms with E-state index in [4.69, 9.17) is 4.52 Å². The smallest absolute Gasteiger partial charge is 0.293 e. The van der Waals surface area contributed by atoms with Crippen LogP contribution in [0.15, 0.2) is 40.0 Å². The third kappa shape index (κ3) is 5.06. The third-order valence-corrected chi connectivity index (χ3v) is 5.27. The zero-order chi connectivity index (χ0) is 22.5. The van der Waals surface area contributed by atoms with Crippen molar-refractivity contribution in [3.63, 3.8) is 0 Å². The molecule has 2 aromatic heterocycles. The molecule has 1 aromatic carbocycles. The first-order valence-electron chi connectivity index (χ1n) is 9.45. The predicted octanol–water partition coefficient (Wildman–Crippen LogP) is 1.78. The van der Waals surface area contributed by atoms with Gasteiger partial charge in [-0.25, -0.2) is 9.37 Å². The minimum atomic E-state index is -0.454. The van der Waals surface area contributed by atoms with Crippen LogP contribution in [-0.2, 0) is 16.0 Å². The molecule has 164 valence electrons. The van der Waals surface area contributed by atoms with E-state index in [1.54, 1.807) is 0 Å². The number of H-pyrrole nitrogens is 1. The fourth-order valence-electron chi connectivity index (χ4n) is 2.78. The monoisotopic (exact) mass is 457 g/mol. The van der Waals surface area contributed by atoms with Crippen molar-refractivity contribution in [3.05, 3.63) is 52.8 Å². The summed E-state index contributed by atoms with van der Waals surface area (Å²) >= 11 is 0.801. The van der Waals surface area contributed by atoms with Gasteiger partial charge in [-0.2, -0.15) is 10.1 Å². The SMILES string of the molecule is O=C(CCc1nc(-c2ncn[nH]2)no1)NCCN1C(=O)S/C(=C\c2ccc(F)cc2)C1=O. The molecule has 1 fully saturated rings. The topological polar surface area (TPSA) is 147 Å². The molecular weight excluding hydrogens is 441 g/mol. The van der Waals surface area contributed by atoms with Crippen LogP contribution < -0.4 is 5.32 Å². The molecule has 11 nitrogen and oxygen atoms in total. The first-order valence-corrected chi connectivity index (χ1v) is 10.3. The van der Waals surface area contributed by atoms with Crippen LogP contribution in [0.4, 0.5) is 9.18 Å². The molecule has 13 heteroatoms. The zero-order valence-corrected chi connectivity index (χ0v) is 17.3. The Morgan fingerprint density at radius 3 is 2.84 bits per heavy atom. The zero-order valence-electron chi connectivity index (χ0n) is 16.4. The van der Waals surface area contributed by atoms with Crippen molar-refractivity contribution < 1.29 is 23.3 Å². The number of thioether (sulfide) groups is 1. The maximum atomic E-state index is 13.0. The second-order valence-electron chi connectivity index (χ2n) is 6.58. The quantitative estimate of drug-likeness (QED) is 0.483. The molecule has 3 heterocycles. The van der Waals surface area contributed by atoms with E-state index < -0.39 is 11.1 Å². The number of aromatic amines is 1. The van der Waals surface area contributed by atoms with Gasteiger partial charge in [0.25, 0.3) is 11.1 Å². The number of rotatable bonds is 8. The summed E-state index contributed by atoms with van der Waals surface area (Å²) in [4.78, 5) is 46.0. The van der Waals surface area contributed by atoms with Crippen LogP contribution in [0.5, 0.6) is 0 Å². The van der Waals surface area contributed by atoms with Crippen LogP contribution in [0, 0.1) is 5.82 Å². The summed E-state index contributed by atoms with van der Waals surface area (Å²) < 4.78 is 18.1. The van der Waals surface area contributed by atoms with Gasteiger partial charge in [0.15, 0.2) is 5.82 Å². The molecule has 4 rings (SSSR count). The molecule has 0 atom stereocenters. The Hall–Kier alpha value is -3.87. The van der Waals surface area contributed by atoms with E-state index in [0.717, 1.165) is 16.7 Å².